The number of para-hydroxylation sites is 1. The van der Waals surface area contributed by atoms with Gasteiger partial charge in [-0.15, -0.1) is 0 Å². The van der Waals surface area contributed by atoms with Gasteiger partial charge in [0.05, 0.1) is 0 Å². The lowest BCUT2D eigenvalue weighted by atomic mass is 9.92. The largest absolute Gasteiger partial charge is 0.477 e. The minimum absolute atomic E-state index is 0.370. The molecule has 3 nitrogen and oxygen atoms in total. The summed E-state index contributed by atoms with van der Waals surface area (Å²) in [4.78, 5) is 11.7. The van der Waals surface area contributed by atoms with Crippen molar-refractivity contribution in [3.8, 4) is 5.75 Å². The normalized spacial score (nSPS) is 13.9. The van der Waals surface area contributed by atoms with Crippen LogP contribution >= 0.6 is 0 Å². The molecule has 0 bridgehead atoms. The Morgan fingerprint density at radius 1 is 1.22 bits per heavy atom. The number of hydrogen-bond acceptors (Lipinski definition) is 2. The molecule has 0 saturated heterocycles. The Labute approximate surface area is 109 Å². The van der Waals surface area contributed by atoms with Crippen LogP contribution in [-0.2, 0) is 4.79 Å². The molecule has 0 aromatic heterocycles. The van der Waals surface area contributed by atoms with Gasteiger partial charge in [-0.25, -0.2) is 0 Å². The summed E-state index contributed by atoms with van der Waals surface area (Å²) in [6.07, 6.45) is 4.44. The van der Waals surface area contributed by atoms with Crippen LogP contribution in [0.2, 0.25) is 0 Å². The first-order valence-electron chi connectivity index (χ1n) is 6.68. The average Bonchev–Trinajstić information content (AvgIpc) is 2.38. The number of carbonyl (C=O) groups is 1. The quantitative estimate of drug-likeness (QED) is 0.719. The molecule has 100 valence electrons. The number of carbonyl (C=O) groups excluding carboxylic acids is 1. The zero-order valence-corrected chi connectivity index (χ0v) is 11.3. The van der Waals surface area contributed by atoms with E-state index < -0.39 is 5.60 Å². The summed E-state index contributed by atoms with van der Waals surface area (Å²) in [6.45, 7) is 4.08. The van der Waals surface area contributed by atoms with Crippen LogP contribution < -0.4 is 10.5 Å². The van der Waals surface area contributed by atoms with Gasteiger partial charge in [0, 0.05) is 0 Å². The number of hydrogen-bond donors (Lipinski definition) is 1. The molecule has 0 aliphatic heterocycles. The summed E-state index contributed by atoms with van der Waals surface area (Å²) >= 11 is 0. The van der Waals surface area contributed by atoms with Crippen LogP contribution in [-0.4, -0.2) is 11.5 Å². The van der Waals surface area contributed by atoms with Gasteiger partial charge in [0.2, 0.25) is 0 Å². The SMILES string of the molecule is CCCCCC(CC)(Oc1ccccc1)C(N)=O. The lowest BCUT2D eigenvalue weighted by molar-refractivity contribution is -0.134. The van der Waals surface area contributed by atoms with Gasteiger partial charge in [-0.3, -0.25) is 4.79 Å². The van der Waals surface area contributed by atoms with Gasteiger partial charge in [0.25, 0.3) is 5.91 Å². The molecule has 0 radical (unpaired) electrons. The first-order valence-corrected chi connectivity index (χ1v) is 6.68. The number of rotatable bonds is 8. The lowest BCUT2D eigenvalue weighted by Gasteiger charge is -2.30. The zero-order valence-electron chi connectivity index (χ0n) is 11.3. The maximum absolute atomic E-state index is 11.7. The summed E-state index contributed by atoms with van der Waals surface area (Å²) in [7, 11) is 0. The third-order valence-corrected chi connectivity index (χ3v) is 3.26. The monoisotopic (exact) mass is 249 g/mol. The van der Waals surface area contributed by atoms with Crippen LogP contribution in [0.3, 0.4) is 0 Å². The van der Waals surface area contributed by atoms with E-state index >= 15 is 0 Å². The van der Waals surface area contributed by atoms with Gasteiger partial charge in [0.1, 0.15) is 5.75 Å². The molecule has 1 aromatic carbocycles. The molecule has 1 aromatic rings. The van der Waals surface area contributed by atoms with E-state index in [0.29, 0.717) is 18.6 Å². The highest BCUT2D eigenvalue weighted by molar-refractivity contribution is 5.83. The Balaban J connectivity index is 2.79. The minimum Gasteiger partial charge on any atom is -0.477 e. The van der Waals surface area contributed by atoms with E-state index in [4.69, 9.17) is 10.5 Å². The van der Waals surface area contributed by atoms with Crippen molar-refractivity contribution in [2.75, 3.05) is 0 Å². The molecule has 0 saturated carbocycles. The Morgan fingerprint density at radius 2 is 1.89 bits per heavy atom. The molecular weight excluding hydrogens is 226 g/mol. The topological polar surface area (TPSA) is 52.3 Å². The number of amides is 1. The van der Waals surface area contributed by atoms with Crippen LogP contribution in [0.1, 0.15) is 46.0 Å². The van der Waals surface area contributed by atoms with Crippen molar-refractivity contribution in [2.24, 2.45) is 5.73 Å². The van der Waals surface area contributed by atoms with Crippen molar-refractivity contribution in [2.45, 2.75) is 51.6 Å². The molecule has 1 amide bonds. The highest BCUT2D eigenvalue weighted by Gasteiger charge is 2.36. The number of primary amides is 1. The van der Waals surface area contributed by atoms with Crippen LogP contribution in [0.25, 0.3) is 0 Å². The molecule has 0 spiro atoms. The molecule has 1 rings (SSSR count). The Hall–Kier alpha value is -1.51. The van der Waals surface area contributed by atoms with Gasteiger partial charge in [-0.1, -0.05) is 44.9 Å². The molecule has 3 heteroatoms. The molecule has 18 heavy (non-hydrogen) atoms. The predicted molar refractivity (Wildman–Crippen MR) is 73.4 cm³/mol. The molecule has 2 N–H and O–H groups in total. The molecule has 0 heterocycles. The molecule has 1 unspecified atom stereocenters. The van der Waals surface area contributed by atoms with Gasteiger partial charge in [0.15, 0.2) is 5.60 Å². The van der Waals surface area contributed by atoms with Gasteiger partial charge in [-0.2, -0.15) is 0 Å². The number of unbranched alkanes of at least 4 members (excludes halogenated alkanes) is 2. The third-order valence-electron chi connectivity index (χ3n) is 3.26. The van der Waals surface area contributed by atoms with Crippen molar-refractivity contribution >= 4 is 5.91 Å². The fourth-order valence-electron chi connectivity index (χ4n) is 2.02. The van der Waals surface area contributed by atoms with E-state index in [9.17, 15) is 4.79 Å². The van der Waals surface area contributed by atoms with Crippen molar-refractivity contribution < 1.29 is 9.53 Å². The Kier molecular flexibility index (Phi) is 5.69. The second kappa shape index (κ2) is 7.04. The third kappa shape index (κ3) is 3.76. The van der Waals surface area contributed by atoms with Crippen molar-refractivity contribution in [1.29, 1.82) is 0 Å². The number of benzene rings is 1. The van der Waals surface area contributed by atoms with Crippen molar-refractivity contribution in [1.82, 2.24) is 0 Å². The van der Waals surface area contributed by atoms with E-state index in [1.54, 1.807) is 0 Å². The highest BCUT2D eigenvalue weighted by atomic mass is 16.5. The highest BCUT2D eigenvalue weighted by Crippen LogP contribution is 2.26. The first-order chi connectivity index (χ1) is 8.64. The van der Waals surface area contributed by atoms with Crippen LogP contribution in [0, 0.1) is 0 Å². The average molecular weight is 249 g/mol. The van der Waals surface area contributed by atoms with Crippen LogP contribution in [0.15, 0.2) is 30.3 Å². The minimum atomic E-state index is -0.865. The zero-order chi connectivity index (χ0) is 13.4. The summed E-state index contributed by atoms with van der Waals surface area (Å²) in [5, 5.41) is 0. The predicted octanol–water partition coefficient (Wildman–Crippen LogP) is 3.28. The number of nitrogens with two attached hydrogens (primary N) is 1. The molecular formula is C15H23NO2. The number of ether oxygens (including phenoxy) is 1. The molecule has 0 fully saturated rings. The maximum Gasteiger partial charge on any atom is 0.261 e. The first kappa shape index (κ1) is 14.6. The summed E-state index contributed by atoms with van der Waals surface area (Å²) in [5.74, 6) is 0.333. The van der Waals surface area contributed by atoms with Gasteiger partial charge < -0.3 is 10.5 Å². The van der Waals surface area contributed by atoms with E-state index in [-0.39, 0.29) is 5.91 Å². The Bertz CT molecular complexity index is 364. The summed E-state index contributed by atoms with van der Waals surface area (Å²) in [6, 6.07) is 9.41. The molecule has 1 atom stereocenters. The summed E-state index contributed by atoms with van der Waals surface area (Å²) < 4.78 is 5.88. The second-order valence-electron chi connectivity index (χ2n) is 4.58. The van der Waals surface area contributed by atoms with E-state index in [1.165, 1.54) is 0 Å². The smallest absolute Gasteiger partial charge is 0.261 e. The maximum atomic E-state index is 11.7. The van der Waals surface area contributed by atoms with E-state index in [1.807, 2.05) is 37.3 Å². The molecule has 0 aliphatic carbocycles. The fourth-order valence-corrected chi connectivity index (χ4v) is 2.02. The standard InChI is InChI=1S/C15H23NO2/c1-3-5-9-12-15(4-2,14(16)17)18-13-10-7-6-8-11-13/h6-8,10-11H,3-5,9,12H2,1-2H3,(H2,16,17). The fraction of sp³-hybridized carbons (Fsp3) is 0.533. The van der Waals surface area contributed by atoms with Crippen molar-refractivity contribution in [3.63, 3.8) is 0 Å². The van der Waals surface area contributed by atoms with E-state index in [2.05, 4.69) is 6.92 Å². The van der Waals surface area contributed by atoms with E-state index in [0.717, 1.165) is 19.3 Å². The lowest BCUT2D eigenvalue weighted by Crippen LogP contribution is -2.48. The second-order valence-corrected chi connectivity index (χ2v) is 4.58. The van der Waals surface area contributed by atoms with Gasteiger partial charge in [-0.05, 0) is 31.4 Å². The van der Waals surface area contributed by atoms with Crippen LogP contribution in [0.5, 0.6) is 5.75 Å². The van der Waals surface area contributed by atoms with Crippen molar-refractivity contribution in [3.05, 3.63) is 30.3 Å². The molecule has 0 aliphatic rings. The van der Waals surface area contributed by atoms with Gasteiger partial charge >= 0.3 is 0 Å². The summed E-state index contributed by atoms with van der Waals surface area (Å²) in [5.41, 5.74) is 4.68. The Morgan fingerprint density at radius 3 is 2.39 bits per heavy atom. The van der Waals surface area contributed by atoms with Crippen LogP contribution in [0.4, 0.5) is 0 Å².